The maximum absolute atomic E-state index is 10.8. The summed E-state index contributed by atoms with van der Waals surface area (Å²) in [6.45, 7) is 3.89. The summed E-state index contributed by atoms with van der Waals surface area (Å²) in [5, 5.41) is 0. The summed E-state index contributed by atoms with van der Waals surface area (Å²) in [5.74, 6) is 0.260. The minimum atomic E-state index is -0.544. The first-order chi connectivity index (χ1) is 7.66. The van der Waals surface area contributed by atoms with Gasteiger partial charge in [-0.2, -0.15) is 0 Å². The Kier molecular flexibility index (Phi) is 3.00. The van der Waals surface area contributed by atoms with Gasteiger partial charge in [0, 0.05) is 26.2 Å². The third-order valence-electron chi connectivity index (χ3n) is 2.72. The van der Waals surface area contributed by atoms with E-state index in [0.717, 1.165) is 32.0 Å². The van der Waals surface area contributed by atoms with E-state index in [2.05, 4.69) is 26.8 Å². The van der Waals surface area contributed by atoms with Gasteiger partial charge in [-0.1, -0.05) is 0 Å². The van der Waals surface area contributed by atoms with Crippen LogP contribution in [0.25, 0.3) is 0 Å². The highest BCUT2D eigenvalue weighted by atomic mass is 16.1. The van der Waals surface area contributed by atoms with E-state index in [-0.39, 0.29) is 5.69 Å². The van der Waals surface area contributed by atoms with Crippen LogP contribution < -0.4 is 10.6 Å². The largest absolute Gasteiger partial charge is 0.364 e. The van der Waals surface area contributed by atoms with E-state index in [0.29, 0.717) is 0 Å². The Bertz CT molecular complexity index is 369. The molecule has 1 aromatic rings. The van der Waals surface area contributed by atoms with Gasteiger partial charge in [0.25, 0.3) is 5.91 Å². The maximum atomic E-state index is 10.8. The smallest absolute Gasteiger partial charge is 0.268 e. The zero-order valence-electron chi connectivity index (χ0n) is 9.26. The lowest BCUT2D eigenvalue weighted by Gasteiger charge is -2.32. The van der Waals surface area contributed by atoms with Gasteiger partial charge < -0.3 is 15.5 Å². The molecule has 0 radical (unpaired) electrons. The van der Waals surface area contributed by atoms with Crippen LogP contribution in [0.5, 0.6) is 0 Å². The number of amides is 1. The third-order valence-corrected chi connectivity index (χ3v) is 2.72. The number of hydrogen-bond donors (Lipinski definition) is 1. The van der Waals surface area contributed by atoms with Gasteiger partial charge in [-0.3, -0.25) is 4.79 Å². The fraction of sp³-hybridized carbons (Fsp3) is 0.500. The highest BCUT2D eigenvalue weighted by Gasteiger charge is 2.15. The number of primary amides is 1. The summed E-state index contributed by atoms with van der Waals surface area (Å²) in [5.41, 5.74) is 5.31. The van der Waals surface area contributed by atoms with Crippen LogP contribution in [0.4, 0.5) is 5.82 Å². The number of likely N-dealkylation sites (N-methyl/N-ethyl adjacent to an activating group) is 1. The molecule has 6 heteroatoms. The second-order valence-electron chi connectivity index (χ2n) is 3.91. The average molecular weight is 221 g/mol. The molecule has 0 saturated carbocycles. The molecule has 6 nitrogen and oxygen atoms in total. The predicted octanol–water partition coefficient (Wildman–Crippen LogP) is -0.673. The molecule has 1 aliphatic rings. The molecular formula is C10H15N5O. The van der Waals surface area contributed by atoms with Gasteiger partial charge in [0.15, 0.2) is 0 Å². The Morgan fingerprint density at radius 2 is 1.94 bits per heavy atom. The second kappa shape index (κ2) is 4.44. The highest BCUT2D eigenvalue weighted by molar-refractivity contribution is 5.90. The lowest BCUT2D eigenvalue weighted by Crippen LogP contribution is -2.44. The van der Waals surface area contributed by atoms with Gasteiger partial charge in [0.05, 0.1) is 12.4 Å². The molecule has 2 N–H and O–H groups in total. The van der Waals surface area contributed by atoms with Gasteiger partial charge in [-0.05, 0) is 7.05 Å². The molecule has 0 aromatic carbocycles. The number of hydrogen-bond acceptors (Lipinski definition) is 5. The van der Waals surface area contributed by atoms with Gasteiger partial charge in [-0.25, -0.2) is 9.97 Å². The van der Waals surface area contributed by atoms with Gasteiger partial charge in [0.1, 0.15) is 11.5 Å². The molecule has 2 rings (SSSR count). The summed E-state index contributed by atoms with van der Waals surface area (Å²) in [6, 6.07) is 0. The van der Waals surface area contributed by atoms with Crippen molar-refractivity contribution >= 4 is 11.7 Å². The van der Waals surface area contributed by atoms with Crippen molar-refractivity contribution in [2.45, 2.75) is 0 Å². The van der Waals surface area contributed by atoms with Crippen molar-refractivity contribution in [3.63, 3.8) is 0 Å². The van der Waals surface area contributed by atoms with Crippen LogP contribution in [0.15, 0.2) is 12.4 Å². The monoisotopic (exact) mass is 221 g/mol. The van der Waals surface area contributed by atoms with E-state index in [9.17, 15) is 4.79 Å². The van der Waals surface area contributed by atoms with Crippen molar-refractivity contribution in [2.75, 3.05) is 38.1 Å². The number of nitrogens with zero attached hydrogens (tertiary/aromatic N) is 4. The van der Waals surface area contributed by atoms with Crippen molar-refractivity contribution in [1.82, 2.24) is 14.9 Å². The van der Waals surface area contributed by atoms with Crippen LogP contribution in [0.3, 0.4) is 0 Å². The molecule has 86 valence electrons. The van der Waals surface area contributed by atoms with E-state index in [1.807, 2.05) is 0 Å². The number of carbonyl (C=O) groups is 1. The molecule has 16 heavy (non-hydrogen) atoms. The molecule has 1 aromatic heterocycles. The Balaban J connectivity index is 2.07. The number of aromatic nitrogens is 2. The molecule has 1 saturated heterocycles. The van der Waals surface area contributed by atoms with E-state index < -0.39 is 5.91 Å². The zero-order valence-corrected chi connectivity index (χ0v) is 9.26. The first-order valence-corrected chi connectivity index (χ1v) is 5.22. The van der Waals surface area contributed by atoms with Crippen molar-refractivity contribution in [2.24, 2.45) is 5.73 Å². The normalized spacial score (nSPS) is 17.4. The summed E-state index contributed by atoms with van der Waals surface area (Å²) in [6.07, 6.45) is 3.03. The molecule has 2 heterocycles. The van der Waals surface area contributed by atoms with E-state index in [4.69, 9.17) is 5.73 Å². The van der Waals surface area contributed by atoms with E-state index in [1.165, 1.54) is 6.20 Å². The Morgan fingerprint density at radius 1 is 1.25 bits per heavy atom. The Morgan fingerprint density at radius 3 is 2.44 bits per heavy atom. The lowest BCUT2D eigenvalue weighted by molar-refractivity contribution is 0.0995. The molecule has 1 amide bonds. The summed E-state index contributed by atoms with van der Waals surface area (Å²) in [7, 11) is 2.10. The van der Waals surface area contributed by atoms with Crippen molar-refractivity contribution in [3.05, 3.63) is 18.1 Å². The van der Waals surface area contributed by atoms with Crippen LogP contribution in [-0.4, -0.2) is 54.0 Å². The number of piperazine rings is 1. The maximum Gasteiger partial charge on any atom is 0.268 e. The number of nitrogens with two attached hydrogens (primary N) is 1. The van der Waals surface area contributed by atoms with Gasteiger partial charge in [-0.15, -0.1) is 0 Å². The summed E-state index contributed by atoms with van der Waals surface area (Å²) in [4.78, 5) is 23.4. The quantitative estimate of drug-likeness (QED) is 0.716. The predicted molar refractivity (Wildman–Crippen MR) is 60.3 cm³/mol. The van der Waals surface area contributed by atoms with Crippen molar-refractivity contribution in [3.8, 4) is 0 Å². The minimum absolute atomic E-state index is 0.206. The Labute approximate surface area is 94.1 Å². The lowest BCUT2D eigenvalue weighted by atomic mass is 10.3. The number of rotatable bonds is 2. The third kappa shape index (κ3) is 2.27. The highest BCUT2D eigenvalue weighted by Crippen LogP contribution is 2.11. The van der Waals surface area contributed by atoms with Crippen LogP contribution in [0.2, 0.25) is 0 Å². The van der Waals surface area contributed by atoms with Crippen molar-refractivity contribution in [1.29, 1.82) is 0 Å². The fourth-order valence-electron chi connectivity index (χ4n) is 1.65. The average Bonchev–Trinajstić information content (AvgIpc) is 2.30. The molecule has 1 aliphatic heterocycles. The number of carbonyl (C=O) groups excluding carboxylic acids is 1. The standard InChI is InChI=1S/C10H15N5O/c1-14-2-4-15(5-3-14)9-7-12-8(6-13-9)10(11)16/h6-7H,2-5H2,1H3,(H2,11,16). The minimum Gasteiger partial charge on any atom is -0.364 e. The van der Waals surface area contributed by atoms with Crippen molar-refractivity contribution < 1.29 is 4.79 Å². The van der Waals surface area contributed by atoms with E-state index in [1.54, 1.807) is 6.20 Å². The van der Waals surface area contributed by atoms with Gasteiger partial charge in [0.2, 0.25) is 0 Å². The fourth-order valence-corrected chi connectivity index (χ4v) is 1.65. The molecule has 0 aliphatic carbocycles. The first kappa shape index (κ1) is 10.8. The van der Waals surface area contributed by atoms with E-state index >= 15 is 0 Å². The topological polar surface area (TPSA) is 75.3 Å². The van der Waals surface area contributed by atoms with Crippen LogP contribution in [0.1, 0.15) is 10.5 Å². The molecule has 0 atom stereocenters. The Hall–Kier alpha value is -1.69. The van der Waals surface area contributed by atoms with Gasteiger partial charge >= 0.3 is 0 Å². The number of anilines is 1. The SMILES string of the molecule is CN1CCN(c2cnc(C(N)=O)cn2)CC1. The van der Waals surface area contributed by atoms with Crippen LogP contribution in [0, 0.1) is 0 Å². The second-order valence-corrected chi connectivity index (χ2v) is 3.91. The first-order valence-electron chi connectivity index (χ1n) is 5.22. The molecule has 0 spiro atoms. The summed E-state index contributed by atoms with van der Waals surface area (Å²) < 4.78 is 0. The van der Waals surface area contributed by atoms with Crippen LogP contribution in [-0.2, 0) is 0 Å². The molecule has 0 unspecified atom stereocenters. The molecule has 1 fully saturated rings. The summed E-state index contributed by atoms with van der Waals surface area (Å²) >= 11 is 0. The van der Waals surface area contributed by atoms with Crippen LogP contribution >= 0.6 is 0 Å². The molecular weight excluding hydrogens is 206 g/mol. The zero-order chi connectivity index (χ0) is 11.5. The molecule has 0 bridgehead atoms.